The second-order valence-electron chi connectivity index (χ2n) is 4.78. The van der Waals surface area contributed by atoms with E-state index in [1.807, 2.05) is 30.3 Å². The first-order valence-corrected chi connectivity index (χ1v) is 6.86. The molecule has 0 bridgehead atoms. The Morgan fingerprint density at radius 2 is 2.05 bits per heavy atom. The number of anilines is 1. The Balaban J connectivity index is 1.70. The Morgan fingerprint density at radius 1 is 1.23 bits per heavy atom. The van der Waals surface area contributed by atoms with E-state index in [1.54, 1.807) is 12.3 Å². The number of aromatic amines is 1. The van der Waals surface area contributed by atoms with Crippen LogP contribution in [0.1, 0.15) is 0 Å². The Kier molecular flexibility index (Phi) is 4.17. The number of rotatable bonds is 6. The number of furan rings is 1. The Labute approximate surface area is 126 Å². The Hall–Kier alpha value is -2.64. The maximum Gasteiger partial charge on any atom is 0.192 e. The van der Waals surface area contributed by atoms with Crippen LogP contribution in [-0.2, 0) is 0 Å². The molecule has 114 valence electrons. The van der Waals surface area contributed by atoms with Gasteiger partial charge in [-0.25, -0.2) is 4.98 Å². The standard InChI is InChI=1S/C15H16N4O3/c20-9-12(21)8-16-11-5-3-10(4-6-11)14-17-15(19-18-14)13-2-1-7-22-13/h1-7,12,16,20-21H,8-9H2,(H,17,18,19). The summed E-state index contributed by atoms with van der Waals surface area (Å²) in [6, 6.07) is 11.1. The minimum Gasteiger partial charge on any atom is -0.461 e. The molecule has 3 aromatic rings. The third-order valence-corrected chi connectivity index (χ3v) is 3.14. The van der Waals surface area contributed by atoms with Crippen molar-refractivity contribution < 1.29 is 14.6 Å². The summed E-state index contributed by atoms with van der Waals surface area (Å²) in [5.74, 6) is 1.79. The molecule has 0 aliphatic rings. The van der Waals surface area contributed by atoms with Crippen LogP contribution in [0.3, 0.4) is 0 Å². The lowest BCUT2D eigenvalue weighted by atomic mass is 10.2. The van der Waals surface area contributed by atoms with Crippen molar-refractivity contribution in [1.82, 2.24) is 15.2 Å². The number of hydrogen-bond donors (Lipinski definition) is 4. The van der Waals surface area contributed by atoms with Crippen LogP contribution in [0.15, 0.2) is 47.1 Å². The van der Waals surface area contributed by atoms with Crippen molar-refractivity contribution in [3.63, 3.8) is 0 Å². The average molecular weight is 300 g/mol. The summed E-state index contributed by atoms with van der Waals surface area (Å²) in [7, 11) is 0. The van der Waals surface area contributed by atoms with Crippen LogP contribution in [0.25, 0.3) is 23.0 Å². The predicted molar refractivity (Wildman–Crippen MR) is 81.1 cm³/mol. The zero-order chi connectivity index (χ0) is 15.4. The van der Waals surface area contributed by atoms with Gasteiger partial charge in [-0.1, -0.05) is 0 Å². The first-order valence-electron chi connectivity index (χ1n) is 6.86. The molecular weight excluding hydrogens is 284 g/mol. The van der Waals surface area contributed by atoms with Crippen molar-refractivity contribution in [2.45, 2.75) is 6.10 Å². The van der Waals surface area contributed by atoms with Gasteiger partial charge in [0.15, 0.2) is 17.4 Å². The molecule has 2 heterocycles. The van der Waals surface area contributed by atoms with Crippen molar-refractivity contribution in [2.75, 3.05) is 18.5 Å². The molecule has 0 spiro atoms. The first-order chi connectivity index (χ1) is 10.8. The van der Waals surface area contributed by atoms with Crippen molar-refractivity contribution in [1.29, 1.82) is 0 Å². The Morgan fingerprint density at radius 3 is 2.73 bits per heavy atom. The van der Waals surface area contributed by atoms with Crippen LogP contribution in [0.5, 0.6) is 0 Å². The van der Waals surface area contributed by atoms with Gasteiger partial charge in [0.2, 0.25) is 0 Å². The summed E-state index contributed by atoms with van der Waals surface area (Å²) in [6.45, 7) is 0.0248. The summed E-state index contributed by atoms with van der Waals surface area (Å²) < 4.78 is 5.26. The van der Waals surface area contributed by atoms with Crippen LogP contribution in [0, 0.1) is 0 Å². The van der Waals surface area contributed by atoms with Gasteiger partial charge in [-0.2, -0.15) is 5.10 Å². The van der Waals surface area contributed by atoms with Gasteiger partial charge < -0.3 is 19.9 Å². The van der Waals surface area contributed by atoms with Crippen molar-refractivity contribution in [3.8, 4) is 23.0 Å². The summed E-state index contributed by atoms with van der Waals surface area (Å²) in [6.07, 6.45) is 0.808. The van der Waals surface area contributed by atoms with E-state index in [4.69, 9.17) is 9.52 Å². The van der Waals surface area contributed by atoms with E-state index in [0.29, 0.717) is 24.0 Å². The Bertz CT molecular complexity index is 707. The van der Waals surface area contributed by atoms with E-state index in [0.717, 1.165) is 11.3 Å². The number of aliphatic hydroxyl groups is 2. The molecule has 7 heteroatoms. The molecule has 3 rings (SSSR count). The minimum atomic E-state index is -0.775. The lowest BCUT2D eigenvalue weighted by Gasteiger charge is -2.10. The summed E-state index contributed by atoms with van der Waals surface area (Å²) in [5, 5.41) is 28.1. The zero-order valence-electron chi connectivity index (χ0n) is 11.7. The van der Waals surface area contributed by atoms with E-state index >= 15 is 0 Å². The van der Waals surface area contributed by atoms with Crippen molar-refractivity contribution in [2.24, 2.45) is 0 Å². The van der Waals surface area contributed by atoms with E-state index in [-0.39, 0.29) is 6.61 Å². The summed E-state index contributed by atoms with van der Waals surface area (Å²) in [5.41, 5.74) is 1.71. The average Bonchev–Trinajstić information content (AvgIpc) is 3.23. The van der Waals surface area contributed by atoms with Crippen LogP contribution in [0.4, 0.5) is 5.69 Å². The molecular formula is C15H16N4O3. The largest absolute Gasteiger partial charge is 0.461 e. The molecule has 0 radical (unpaired) electrons. The summed E-state index contributed by atoms with van der Waals surface area (Å²) in [4.78, 5) is 4.39. The molecule has 1 unspecified atom stereocenters. The van der Waals surface area contributed by atoms with Gasteiger partial charge >= 0.3 is 0 Å². The van der Waals surface area contributed by atoms with Gasteiger partial charge in [0.1, 0.15) is 0 Å². The van der Waals surface area contributed by atoms with Crippen LogP contribution < -0.4 is 5.32 Å². The molecule has 7 nitrogen and oxygen atoms in total. The van der Waals surface area contributed by atoms with Crippen molar-refractivity contribution in [3.05, 3.63) is 42.7 Å². The number of hydrogen-bond acceptors (Lipinski definition) is 6. The van der Waals surface area contributed by atoms with Gasteiger partial charge in [-0.15, -0.1) is 0 Å². The second kappa shape index (κ2) is 6.42. The normalized spacial score (nSPS) is 12.3. The number of nitrogens with zero attached hydrogens (tertiary/aromatic N) is 2. The topological polar surface area (TPSA) is 107 Å². The van der Waals surface area contributed by atoms with Crippen molar-refractivity contribution >= 4 is 5.69 Å². The number of benzene rings is 1. The van der Waals surface area contributed by atoms with Crippen LogP contribution in [0.2, 0.25) is 0 Å². The molecule has 0 amide bonds. The van der Waals surface area contributed by atoms with E-state index in [9.17, 15) is 5.11 Å². The molecule has 0 saturated heterocycles. The SMILES string of the molecule is OCC(O)CNc1ccc(-c2n[nH]c(-c3ccco3)n2)cc1. The number of aromatic nitrogens is 3. The fraction of sp³-hybridized carbons (Fsp3) is 0.200. The molecule has 22 heavy (non-hydrogen) atoms. The van der Waals surface area contributed by atoms with Crippen LogP contribution in [-0.4, -0.2) is 44.7 Å². The molecule has 0 saturated carbocycles. The van der Waals surface area contributed by atoms with Gasteiger partial charge in [0.25, 0.3) is 0 Å². The number of nitrogens with one attached hydrogen (secondary N) is 2. The van der Waals surface area contributed by atoms with Crippen LogP contribution >= 0.6 is 0 Å². The van der Waals surface area contributed by atoms with Gasteiger partial charge in [0, 0.05) is 17.8 Å². The summed E-state index contributed by atoms with van der Waals surface area (Å²) >= 11 is 0. The monoisotopic (exact) mass is 300 g/mol. The second-order valence-corrected chi connectivity index (χ2v) is 4.78. The van der Waals surface area contributed by atoms with E-state index < -0.39 is 6.10 Å². The highest BCUT2D eigenvalue weighted by Crippen LogP contribution is 2.21. The molecule has 0 fully saturated rings. The molecule has 1 atom stereocenters. The molecule has 0 aliphatic carbocycles. The van der Waals surface area contributed by atoms with E-state index in [2.05, 4.69) is 20.5 Å². The highest BCUT2D eigenvalue weighted by molar-refractivity contribution is 5.61. The maximum absolute atomic E-state index is 9.30. The number of aliphatic hydroxyl groups excluding tert-OH is 2. The fourth-order valence-corrected chi connectivity index (χ4v) is 1.95. The fourth-order valence-electron chi connectivity index (χ4n) is 1.95. The third kappa shape index (κ3) is 3.16. The smallest absolute Gasteiger partial charge is 0.192 e. The molecule has 0 aliphatic heterocycles. The van der Waals surface area contributed by atoms with Gasteiger partial charge in [0.05, 0.1) is 19.0 Å². The minimum absolute atomic E-state index is 0.266. The highest BCUT2D eigenvalue weighted by Gasteiger charge is 2.09. The molecule has 4 N–H and O–H groups in total. The lowest BCUT2D eigenvalue weighted by molar-refractivity contribution is 0.105. The molecule has 2 aromatic heterocycles. The highest BCUT2D eigenvalue weighted by atomic mass is 16.3. The first kappa shape index (κ1) is 14.3. The predicted octanol–water partition coefficient (Wildman–Crippen LogP) is 1.50. The quantitative estimate of drug-likeness (QED) is 0.549. The zero-order valence-corrected chi connectivity index (χ0v) is 11.7. The maximum atomic E-state index is 9.30. The van der Waals surface area contributed by atoms with Gasteiger partial charge in [-0.3, -0.25) is 5.10 Å². The molecule has 1 aromatic carbocycles. The third-order valence-electron chi connectivity index (χ3n) is 3.14. The lowest BCUT2D eigenvalue weighted by Crippen LogP contribution is -2.22. The van der Waals surface area contributed by atoms with Gasteiger partial charge in [-0.05, 0) is 36.4 Å². The van der Waals surface area contributed by atoms with E-state index in [1.165, 1.54) is 0 Å². The number of H-pyrrole nitrogens is 1.